The molecular formula is C64H110N4O11. The van der Waals surface area contributed by atoms with Crippen LogP contribution in [-0.4, -0.2) is 185 Å². The summed E-state index contributed by atoms with van der Waals surface area (Å²) < 4.78 is 21.1. The first kappa shape index (κ1) is 69.8. The van der Waals surface area contributed by atoms with Gasteiger partial charge in [-0.3, -0.25) is 19.6 Å². The van der Waals surface area contributed by atoms with E-state index in [1.807, 2.05) is 9.80 Å². The number of aliphatic hydroxyl groups excluding tert-OH is 8. The number of hydrogen-bond acceptors (Lipinski definition) is 15. The third-order valence-corrected chi connectivity index (χ3v) is 14.6. The molecule has 15 heteroatoms. The number of benzene rings is 3. The minimum atomic E-state index is -0.0721. The Kier molecular flexibility index (Phi) is 39.1. The van der Waals surface area contributed by atoms with Gasteiger partial charge in [0, 0.05) is 96.9 Å². The van der Waals surface area contributed by atoms with Crippen molar-refractivity contribution in [2.45, 2.75) is 176 Å². The average molecular weight is 1110 g/mol. The van der Waals surface area contributed by atoms with Gasteiger partial charge in [-0.1, -0.05) is 141 Å². The number of unbranched alkanes of at least 4 members (excludes halogenated alkanes) is 12. The van der Waals surface area contributed by atoms with Gasteiger partial charge in [-0.25, -0.2) is 0 Å². The molecule has 0 heterocycles. The molecule has 0 radical (unpaired) electrons. The average Bonchev–Trinajstić information content (AvgIpc) is 3.42. The summed E-state index contributed by atoms with van der Waals surface area (Å²) in [5.41, 5.74) is 9.08. The van der Waals surface area contributed by atoms with E-state index in [9.17, 15) is 40.9 Å². The molecule has 0 aliphatic heterocycles. The Morgan fingerprint density at radius 3 is 0.835 bits per heavy atom. The fourth-order valence-corrected chi connectivity index (χ4v) is 10.7. The van der Waals surface area contributed by atoms with E-state index in [0.29, 0.717) is 111 Å². The molecule has 0 amide bonds. The molecule has 0 fully saturated rings. The van der Waals surface area contributed by atoms with Gasteiger partial charge in [-0.2, -0.15) is 0 Å². The fraction of sp³-hybridized carbons (Fsp3) is 0.719. The van der Waals surface area contributed by atoms with Gasteiger partial charge in [0.1, 0.15) is 17.2 Å². The zero-order valence-corrected chi connectivity index (χ0v) is 49.8. The lowest BCUT2D eigenvalue weighted by Gasteiger charge is -2.27. The van der Waals surface area contributed by atoms with Crippen molar-refractivity contribution in [1.82, 2.24) is 19.6 Å². The first-order chi connectivity index (χ1) is 38.7. The SMILES string of the molecule is CCCCCCCOc1c(CCC)cc(CN(CCO)CCO)cc1Cc1cc(CN(CCO)CCO)cc(Cc2cc(CN(CCO)CCO)cc(CN(CCO)CCO)c2OCCCCCCC)c1OCCCCCCC. The molecule has 0 saturated carbocycles. The highest BCUT2D eigenvalue weighted by atomic mass is 16.5. The molecule has 0 spiro atoms. The molecule has 3 rings (SSSR count). The number of rotatable bonds is 51. The Morgan fingerprint density at radius 1 is 0.291 bits per heavy atom. The van der Waals surface area contributed by atoms with E-state index in [1.165, 1.54) is 19.3 Å². The topological polar surface area (TPSA) is 202 Å². The maximum atomic E-state index is 10.3. The Bertz CT molecular complexity index is 1990. The summed E-state index contributed by atoms with van der Waals surface area (Å²) in [6, 6.07) is 13.3. The third kappa shape index (κ3) is 27.5. The summed E-state index contributed by atoms with van der Waals surface area (Å²) in [7, 11) is 0. The molecule has 0 atom stereocenters. The van der Waals surface area contributed by atoms with Crippen LogP contribution in [-0.2, 0) is 45.4 Å². The number of ether oxygens (including phenoxy) is 3. The standard InChI is InChI=1S/C64H110N4O11/c1-5-9-12-15-18-38-77-62-56(21-8-4)41-53(49-65(22-30-69)23-31-70)42-57(62)47-58-43-54(50-66(24-32-71)25-33-72)44-59(63(58)78-39-19-16-13-10-6-2)48-60-45-55(51-67(26-34-73)27-35-74)46-61(52-68(28-36-75)29-37-76)64(60)79-40-20-17-14-11-7-3/h41-46,69-76H,5-40,47-52H2,1-4H3. The molecule has 0 saturated heterocycles. The van der Waals surface area contributed by atoms with Gasteiger partial charge < -0.3 is 55.1 Å². The fourth-order valence-electron chi connectivity index (χ4n) is 10.7. The number of nitrogens with zero attached hydrogens (tertiary/aromatic N) is 4. The maximum absolute atomic E-state index is 10.3. The largest absolute Gasteiger partial charge is 0.493 e. The zero-order valence-electron chi connectivity index (χ0n) is 49.8. The smallest absolute Gasteiger partial charge is 0.127 e. The van der Waals surface area contributed by atoms with Crippen LogP contribution in [0.15, 0.2) is 36.4 Å². The molecule has 3 aromatic rings. The highest BCUT2D eigenvalue weighted by Crippen LogP contribution is 2.39. The Morgan fingerprint density at radius 2 is 0.544 bits per heavy atom. The van der Waals surface area contributed by atoms with Crippen LogP contribution >= 0.6 is 0 Å². The van der Waals surface area contributed by atoms with Crippen molar-refractivity contribution in [1.29, 1.82) is 0 Å². The first-order valence-corrected chi connectivity index (χ1v) is 30.8. The summed E-state index contributed by atoms with van der Waals surface area (Å²) in [5.74, 6) is 2.46. The van der Waals surface area contributed by atoms with Crippen LogP contribution < -0.4 is 14.2 Å². The van der Waals surface area contributed by atoms with Crippen molar-refractivity contribution in [2.24, 2.45) is 0 Å². The minimum absolute atomic E-state index is 0.0184. The Balaban J connectivity index is 2.52. The lowest BCUT2D eigenvalue weighted by molar-refractivity contribution is 0.153. The lowest BCUT2D eigenvalue weighted by Crippen LogP contribution is -2.31. The van der Waals surface area contributed by atoms with Crippen LogP contribution in [0, 0.1) is 0 Å². The van der Waals surface area contributed by atoms with Crippen molar-refractivity contribution in [3.8, 4) is 17.2 Å². The molecule has 3 aromatic carbocycles. The van der Waals surface area contributed by atoms with Crippen LogP contribution in [0.5, 0.6) is 17.2 Å². The molecule has 79 heavy (non-hydrogen) atoms. The van der Waals surface area contributed by atoms with Gasteiger partial charge in [-0.15, -0.1) is 0 Å². The maximum Gasteiger partial charge on any atom is 0.127 e. The molecule has 0 aliphatic rings. The predicted molar refractivity (Wildman–Crippen MR) is 319 cm³/mol. The van der Waals surface area contributed by atoms with E-state index in [0.717, 1.165) is 157 Å². The predicted octanol–water partition coefficient (Wildman–Crippen LogP) is 8.01. The zero-order chi connectivity index (χ0) is 57.3. The summed E-state index contributed by atoms with van der Waals surface area (Å²) in [6.45, 7) is 15.1. The molecule has 8 N–H and O–H groups in total. The van der Waals surface area contributed by atoms with E-state index >= 15 is 0 Å². The van der Waals surface area contributed by atoms with Crippen molar-refractivity contribution in [3.63, 3.8) is 0 Å². The van der Waals surface area contributed by atoms with E-state index in [1.54, 1.807) is 0 Å². The Labute approximate surface area is 477 Å². The molecule has 0 bridgehead atoms. The Hall–Kier alpha value is -3.42. The van der Waals surface area contributed by atoms with E-state index in [4.69, 9.17) is 14.2 Å². The summed E-state index contributed by atoms with van der Waals surface area (Å²) in [4.78, 5) is 8.23. The van der Waals surface area contributed by atoms with E-state index in [-0.39, 0.29) is 52.9 Å². The van der Waals surface area contributed by atoms with Gasteiger partial charge >= 0.3 is 0 Å². The van der Waals surface area contributed by atoms with Crippen molar-refractivity contribution in [2.75, 3.05) is 125 Å². The molecule has 0 aromatic heterocycles. The monoisotopic (exact) mass is 1110 g/mol. The van der Waals surface area contributed by atoms with Gasteiger partial charge in [0.2, 0.25) is 0 Å². The van der Waals surface area contributed by atoms with Crippen LogP contribution in [0.3, 0.4) is 0 Å². The lowest BCUT2D eigenvalue weighted by atomic mass is 9.91. The third-order valence-electron chi connectivity index (χ3n) is 14.6. The second-order valence-electron chi connectivity index (χ2n) is 21.5. The summed E-state index contributed by atoms with van der Waals surface area (Å²) in [5, 5.41) is 81.3. The number of aliphatic hydroxyl groups is 8. The summed E-state index contributed by atoms with van der Waals surface area (Å²) in [6.07, 6.45) is 18.9. The number of aryl methyl sites for hydroxylation is 1. The van der Waals surface area contributed by atoms with Gasteiger partial charge in [0.25, 0.3) is 0 Å². The normalized spacial score (nSPS) is 11.8. The molecular weight excluding hydrogens is 1000 g/mol. The highest BCUT2D eigenvalue weighted by Gasteiger charge is 2.24. The second-order valence-corrected chi connectivity index (χ2v) is 21.5. The van der Waals surface area contributed by atoms with Crippen molar-refractivity contribution >= 4 is 0 Å². The van der Waals surface area contributed by atoms with Crippen LogP contribution in [0.1, 0.15) is 180 Å². The van der Waals surface area contributed by atoms with Crippen molar-refractivity contribution < 1.29 is 55.1 Å². The van der Waals surface area contributed by atoms with E-state index in [2.05, 4.69) is 73.9 Å². The van der Waals surface area contributed by atoms with Gasteiger partial charge in [0.15, 0.2) is 0 Å². The molecule has 452 valence electrons. The summed E-state index contributed by atoms with van der Waals surface area (Å²) >= 11 is 0. The quantitative estimate of drug-likeness (QED) is 0.0253. The second kappa shape index (κ2) is 44.2. The van der Waals surface area contributed by atoms with Crippen molar-refractivity contribution in [3.05, 3.63) is 86.5 Å². The van der Waals surface area contributed by atoms with E-state index < -0.39 is 0 Å². The molecule has 15 nitrogen and oxygen atoms in total. The minimum Gasteiger partial charge on any atom is -0.493 e. The molecule has 0 unspecified atom stereocenters. The van der Waals surface area contributed by atoms with Crippen LogP contribution in [0.2, 0.25) is 0 Å². The van der Waals surface area contributed by atoms with Crippen LogP contribution in [0.4, 0.5) is 0 Å². The molecule has 0 aliphatic carbocycles. The van der Waals surface area contributed by atoms with Crippen LogP contribution in [0.25, 0.3) is 0 Å². The number of hydrogen-bond donors (Lipinski definition) is 8. The van der Waals surface area contributed by atoms with Gasteiger partial charge in [-0.05, 0) is 76.3 Å². The van der Waals surface area contributed by atoms with Gasteiger partial charge in [0.05, 0.1) is 72.7 Å². The highest BCUT2D eigenvalue weighted by molar-refractivity contribution is 5.55. The first-order valence-electron chi connectivity index (χ1n) is 30.8.